The number of nitrogens with one attached hydrogen (secondary N) is 1. The Labute approximate surface area is 173 Å². The molecule has 0 amide bonds. The van der Waals surface area contributed by atoms with Gasteiger partial charge in [-0.3, -0.25) is 0 Å². The molecular formula is C25H45NO2. The van der Waals surface area contributed by atoms with Crippen molar-refractivity contribution in [3.8, 4) is 0 Å². The quantitative estimate of drug-likeness (QED) is 0.292. The molecule has 3 N–H and O–H groups in total. The van der Waals surface area contributed by atoms with Crippen molar-refractivity contribution in [3.63, 3.8) is 0 Å². The number of rotatable bonds is 13. The fourth-order valence-corrected chi connectivity index (χ4v) is 4.97. The van der Waals surface area contributed by atoms with Crippen LogP contribution in [0.1, 0.15) is 91.9 Å². The maximum absolute atomic E-state index is 10.5. The average Bonchev–Trinajstić information content (AvgIpc) is 3.13. The first-order valence-electron chi connectivity index (χ1n) is 11.8. The number of unbranched alkanes of at least 4 members (excludes halogenated alkanes) is 3. The largest absolute Gasteiger partial charge is 0.392 e. The van der Waals surface area contributed by atoms with E-state index in [1.54, 1.807) is 5.57 Å². The second-order valence-corrected chi connectivity index (χ2v) is 9.89. The molecule has 0 aromatic heterocycles. The molecule has 1 fully saturated rings. The van der Waals surface area contributed by atoms with Gasteiger partial charge in [-0.25, -0.2) is 0 Å². The highest BCUT2D eigenvalue weighted by Gasteiger charge is 2.43. The first-order valence-corrected chi connectivity index (χ1v) is 11.8. The third-order valence-electron chi connectivity index (χ3n) is 6.66. The van der Waals surface area contributed by atoms with E-state index in [9.17, 15) is 10.2 Å². The molecule has 1 saturated carbocycles. The molecule has 0 aromatic rings. The zero-order valence-electron chi connectivity index (χ0n) is 18.8. The van der Waals surface area contributed by atoms with E-state index in [1.165, 1.54) is 25.7 Å². The van der Waals surface area contributed by atoms with Gasteiger partial charge in [0.15, 0.2) is 0 Å². The van der Waals surface area contributed by atoms with Crippen LogP contribution in [-0.2, 0) is 0 Å². The van der Waals surface area contributed by atoms with Crippen molar-refractivity contribution in [2.45, 2.75) is 110 Å². The predicted molar refractivity (Wildman–Crippen MR) is 119 cm³/mol. The molecule has 5 atom stereocenters. The molecule has 0 saturated heterocycles. The van der Waals surface area contributed by atoms with E-state index in [-0.39, 0.29) is 12.0 Å². The zero-order valence-corrected chi connectivity index (χ0v) is 18.8. The highest BCUT2D eigenvalue weighted by molar-refractivity contribution is 5.20. The summed E-state index contributed by atoms with van der Waals surface area (Å²) in [7, 11) is 0. The van der Waals surface area contributed by atoms with Crippen LogP contribution in [0.4, 0.5) is 0 Å². The van der Waals surface area contributed by atoms with Crippen LogP contribution in [0.15, 0.2) is 23.8 Å². The van der Waals surface area contributed by atoms with Gasteiger partial charge in [-0.05, 0) is 70.3 Å². The molecule has 0 unspecified atom stereocenters. The van der Waals surface area contributed by atoms with E-state index >= 15 is 0 Å². The highest BCUT2D eigenvalue weighted by Crippen LogP contribution is 2.48. The maximum atomic E-state index is 10.5. The first kappa shape index (κ1) is 23.6. The van der Waals surface area contributed by atoms with Crippen LogP contribution >= 0.6 is 0 Å². The SMILES string of the molecule is CCCC[C@](C)(O)C/C=C/[C@@H]1[C@H]2CC(CCCCCNC(C)C)=C[C@H]2C[C@H]1O. The zero-order chi connectivity index (χ0) is 20.6. The summed E-state index contributed by atoms with van der Waals surface area (Å²) in [6, 6.07) is 0.587. The lowest BCUT2D eigenvalue weighted by Crippen LogP contribution is -2.23. The minimum absolute atomic E-state index is 0.216. The molecule has 0 aromatic carbocycles. The van der Waals surface area contributed by atoms with Gasteiger partial charge in [-0.15, -0.1) is 0 Å². The van der Waals surface area contributed by atoms with Crippen LogP contribution in [0, 0.1) is 17.8 Å². The maximum Gasteiger partial charge on any atom is 0.0654 e. The van der Waals surface area contributed by atoms with Crippen molar-refractivity contribution < 1.29 is 10.2 Å². The lowest BCUT2D eigenvalue weighted by molar-refractivity contribution is 0.0513. The van der Waals surface area contributed by atoms with Crippen molar-refractivity contribution in [3.05, 3.63) is 23.8 Å². The summed E-state index contributed by atoms with van der Waals surface area (Å²) < 4.78 is 0. The van der Waals surface area contributed by atoms with Crippen LogP contribution in [0.5, 0.6) is 0 Å². The molecule has 0 heterocycles. The van der Waals surface area contributed by atoms with E-state index in [0.29, 0.717) is 24.3 Å². The summed E-state index contributed by atoms with van der Waals surface area (Å²) in [6.07, 6.45) is 17.5. The Morgan fingerprint density at radius 3 is 2.75 bits per heavy atom. The molecule has 0 bridgehead atoms. The number of hydrogen-bond acceptors (Lipinski definition) is 3. The van der Waals surface area contributed by atoms with Crippen molar-refractivity contribution in [2.75, 3.05) is 6.54 Å². The van der Waals surface area contributed by atoms with Gasteiger partial charge < -0.3 is 15.5 Å². The Balaban J connectivity index is 1.73. The summed E-state index contributed by atoms with van der Waals surface area (Å²) >= 11 is 0. The van der Waals surface area contributed by atoms with Crippen molar-refractivity contribution >= 4 is 0 Å². The molecule has 0 radical (unpaired) electrons. The minimum atomic E-state index is -0.612. The fraction of sp³-hybridized carbons (Fsp3) is 0.840. The van der Waals surface area contributed by atoms with E-state index in [4.69, 9.17) is 0 Å². The van der Waals surface area contributed by atoms with E-state index < -0.39 is 5.60 Å². The Kier molecular flexibility index (Phi) is 9.73. The topological polar surface area (TPSA) is 52.5 Å². The standard InChI is InChI=1S/C25H45NO2/c1-5-6-13-25(4,28)14-10-12-22-23-17-20(16-21(23)18-24(22)27)11-8-7-9-15-26-19(2)3/h10,12,16,19,21-24,26-28H,5-9,11,13-15,17-18H2,1-4H3/b12-10+/t21-,22+,23-,24+,25-/m0/s1. The van der Waals surface area contributed by atoms with E-state index in [1.807, 2.05) is 6.92 Å². The van der Waals surface area contributed by atoms with Gasteiger partial charge in [-0.1, -0.05) is 63.8 Å². The summed E-state index contributed by atoms with van der Waals surface area (Å²) in [5.41, 5.74) is 1.01. The Hall–Kier alpha value is -0.640. The molecule has 0 aliphatic heterocycles. The van der Waals surface area contributed by atoms with Gasteiger partial charge >= 0.3 is 0 Å². The van der Waals surface area contributed by atoms with Crippen LogP contribution in [0.25, 0.3) is 0 Å². The number of allylic oxidation sites excluding steroid dienone is 2. The average molecular weight is 392 g/mol. The monoisotopic (exact) mass is 391 g/mol. The fourth-order valence-electron chi connectivity index (χ4n) is 4.97. The van der Waals surface area contributed by atoms with E-state index in [0.717, 1.165) is 38.6 Å². The molecule has 2 aliphatic carbocycles. The lowest BCUT2D eigenvalue weighted by Gasteiger charge is -2.22. The second kappa shape index (κ2) is 11.5. The first-order chi connectivity index (χ1) is 13.3. The van der Waals surface area contributed by atoms with Crippen molar-refractivity contribution in [1.82, 2.24) is 5.32 Å². The highest BCUT2D eigenvalue weighted by atomic mass is 16.3. The molecule has 3 heteroatoms. The molecule has 2 rings (SSSR count). The smallest absolute Gasteiger partial charge is 0.0654 e. The van der Waals surface area contributed by atoms with Gasteiger partial charge in [0.05, 0.1) is 11.7 Å². The molecular weight excluding hydrogens is 346 g/mol. The molecule has 0 spiro atoms. The summed E-state index contributed by atoms with van der Waals surface area (Å²) in [5, 5.41) is 24.5. The molecule has 162 valence electrons. The summed E-state index contributed by atoms with van der Waals surface area (Å²) in [5.74, 6) is 1.39. The number of aliphatic hydroxyl groups excluding tert-OH is 1. The third kappa shape index (κ3) is 7.65. The van der Waals surface area contributed by atoms with Crippen LogP contribution in [-0.4, -0.2) is 34.5 Å². The number of fused-ring (bicyclic) bond motifs is 1. The normalized spacial score (nSPS) is 29.5. The Morgan fingerprint density at radius 2 is 2.04 bits per heavy atom. The van der Waals surface area contributed by atoms with Gasteiger partial charge in [-0.2, -0.15) is 0 Å². The van der Waals surface area contributed by atoms with Crippen LogP contribution in [0.3, 0.4) is 0 Å². The number of aliphatic hydroxyl groups is 2. The van der Waals surface area contributed by atoms with Crippen molar-refractivity contribution in [1.29, 1.82) is 0 Å². The second-order valence-electron chi connectivity index (χ2n) is 9.89. The van der Waals surface area contributed by atoms with Gasteiger partial charge in [0.2, 0.25) is 0 Å². The number of hydrogen-bond donors (Lipinski definition) is 3. The minimum Gasteiger partial charge on any atom is -0.392 e. The van der Waals surface area contributed by atoms with E-state index in [2.05, 4.69) is 44.3 Å². The third-order valence-corrected chi connectivity index (χ3v) is 6.66. The summed E-state index contributed by atoms with van der Waals surface area (Å²) in [6.45, 7) is 9.63. The van der Waals surface area contributed by atoms with Crippen molar-refractivity contribution in [2.24, 2.45) is 17.8 Å². The van der Waals surface area contributed by atoms with Gasteiger partial charge in [0.25, 0.3) is 0 Å². The Morgan fingerprint density at radius 1 is 1.25 bits per heavy atom. The summed E-state index contributed by atoms with van der Waals surface area (Å²) in [4.78, 5) is 0. The Bertz CT molecular complexity index is 509. The predicted octanol–water partition coefficient (Wildman–Crippen LogP) is 5.38. The molecule has 28 heavy (non-hydrogen) atoms. The van der Waals surface area contributed by atoms with Crippen LogP contribution in [0.2, 0.25) is 0 Å². The van der Waals surface area contributed by atoms with Gasteiger partial charge in [0, 0.05) is 12.0 Å². The van der Waals surface area contributed by atoms with Crippen LogP contribution < -0.4 is 5.32 Å². The lowest BCUT2D eigenvalue weighted by atomic mass is 9.87. The van der Waals surface area contributed by atoms with Gasteiger partial charge in [0.1, 0.15) is 0 Å². The molecule has 3 nitrogen and oxygen atoms in total. The molecule has 2 aliphatic rings.